The lowest BCUT2D eigenvalue weighted by Crippen LogP contribution is -2.13. The Bertz CT molecular complexity index is 184. The first-order valence-electron chi connectivity index (χ1n) is 2.30. The highest BCUT2D eigenvalue weighted by Gasteiger charge is 2.16. The van der Waals surface area contributed by atoms with Crippen LogP contribution in [0.3, 0.4) is 0 Å². The summed E-state index contributed by atoms with van der Waals surface area (Å²) in [6.45, 7) is -1.42. The average molecular weight is 148 g/mol. The van der Waals surface area contributed by atoms with E-state index in [4.69, 9.17) is 10.2 Å². The molecule has 0 saturated heterocycles. The van der Waals surface area contributed by atoms with Gasteiger partial charge < -0.3 is 10.2 Å². The number of halogens is 1. The third-order valence-electron chi connectivity index (χ3n) is 0.781. The van der Waals surface area contributed by atoms with Crippen LogP contribution < -0.4 is 0 Å². The molecule has 5 heteroatoms. The molecule has 2 N–H and O–H groups in total. The van der Waals surface area contributed by atoms with Crippen molar-refractivity contribution in [1.29, 1.82) is 0 Å². The smallest absolute Gasteiger partial charge is 0.342 e. The third kappa shape index (κ3) is 1.85. The standard InChI is InChI=1S/C5H5FO4/c6-1-4(8)3(2-7)5(9)10/h2,7H,1H2,(H,9,10)/b3-2-. The van der Waals surface area contributed by atoms with Gasteiger partial charge in [0.25, 0.3) is 0 Å². The van der Waals surface area contributed by atoms with Crippen molar-refractivity contribution in [2.24, 2.45) is 0 Å². The van der Waals surface area contributed by atoms with E-state index >= 15 is 0 Å². The van der Waals surface area contributed by atoms with Crippen molar-refractivity contribution in [3.63, 3.8) is 0 Å². The first kappa shape index (κ1) is 8.61. The van der Waals surface area contributed by atoms with Gasteiger partial charge in [-0.1, -0.05) is 0 Å². The zero-order chi connectivity index (χ0) is 8.15. The van der Waals surface area contributed by atoms with Gasteiger partial charge in [-0.25, -0.2) is 9.18 Å². The minimum Gasteiger partial charge on any atom is -0.515 e. The summed E-state index contributed by atoms with van der Waals surface area (Å²) in [7, 11) is 0. The number of carbonyl (C=O) groups excluding carboxylic acids is 1. The zero-order valence-corrected chi connectivity index (χ0v) is 4.87. The molecule has 0 atom stereocenters. The Morgan fingerprint density at radius 3 is 2.10 bits per heavy atom. The molecule has 0 fully saturated rings. The van der Waals surface area contributed by atoms with Gasteiger partial charge >= 0.3 is 5.97 Å². The van der Waals surface area contributed by atoms with Crippen LogP contribution in [0.2, 0.25) is 0 Å². The van der Waals surface area contributed by atoms with Crippen LogP contribution >= 0.6 is 0 Å². The van der Waals surface area contributed by atoms with E-state index < -0.39 is 24.0 Å². The fourth-order valence-corrected chi connectivity index (χ4v) is 0.318. The van der Waals surface area contributed by atoms with Crippen LogP contribution in [0.15, 0.2) is 11.8 Å². The lowest BCUT2D eigenvalue weighted by atomic mass is 10.2. The number of Topliss-reactive ketones (excluding diaryl/α,β-unsaturated/α-hetero) is 1. The predicted octanol–water partition coefficient (Wildman–Crippen LogP) is 0.0515. The number of aliphatic carboxylic acids is 1. The topological polar surface area (TPSA) is 74.6 Å². The molecular formula is C5H5FO4. The van der Waals surface area contributed by atoms with Crippen molar-refractivity contribution in [2.45, 2.75) is 0 Å². The summed E-state index contributed by atoms with van der Waals surface area (Å²) in [6.07, 6.45) is 0.0737. The number of carboxylic acids is 1. The molecule has 0 saturated carbocycles. The molecule has 4 nitrogen and oxygen atoms in total. The molecule has 10 heavy (non-hydrogen) atoms. The zero-order valence-electron chi connectivity index (χ0n) is 4.87. The van der Waals surface area contributed by atoms with Gasteiger partial charge in [0.15, 0.2) is 6.67 Å². The summed E-state index contributed by atoms with van der Waals surface area (Å²) in [5.41, 5.74) is -0.942. The second-order valence-electron chi connectivity index (χ2n) is 1.40. The molecule has 0 aliphatic rings. The molecule has 0 spiro atoms. The van der Waals surface area contributed by atoms with E-state index in [-0.39, 0.29) is 6.26 Å². The van der Waals surface area contributed by atoms with Crippen LogP contribution in [-0.2, 0) is 9.59 Å². The summed E-state index contributed by atoms with van der Waals surface area (Å²) >= 11 is 0. The Kier molecular flexibility index (Phi) is 3.10. The van der Waals surface area contributed by atoms with Crippen molar-refractivity contribution in [1.82, 2.24) is 0 Å². The van der Waals surface area contributed by atoms with Gasteiger partial charge in [0.1, 0.15) is 5.57 Å². The fraction of sp³-hybridized carbons (Fsp3) is 0.200. The minimum absolute atomic E-state index is 0.0737. The maximum atomic E-state index is 11.4. The van der Waals surface area contributed by atoms with Gasteiger partial charge in [-0.3, -0.25) is 4.79 Å². The SMILES string of the molecule is O=C(O)/C(=C\O)C(=O)CF. The number of rotatable bonds is 3. The number of aliphatic hydroxyl groups excluding tert-OH is 1. The predicted molar refractivity (Wildman–Crippen MR) is 29.3 cm³/mol. The van der Waals surface area contributed by atoms with E-state index in [0.717, 1.165) is 0 Å². The molecule has 0 heterocycles. The molecule has 0 aromatic carbocycles. The number of aliphatic hydroxyl groups is 1. The van der Waals surface area contributed by atoms with Crippen molar-refractivity contribution in [3.05, 3.63) is 11.8 Å². The van der Waals surface area contributed by atoms with Gasteiger partial charge in [-0.05, 0) is 0 Å². The van der Waals surface area contributed by atoms with E-state index in [1.807, 2.05) is 0 Å². The highest BCUT2D eigenvalue weighted by atomic mass is 19.1. The molecule has 56 valence electrons. The average Bonchev–Trinajstić information content (AvgIpc) is 1.88. The van der Waals surface area contributed by atoms with Gasteiger partial charge in [0, 0.05) is 0 Å². The molecule has 0 aliphatic heterocycles. The maximum absolute atomic E-state index is 11.4. The molecule has 0 aromatic heterocycles. The molecule has 0 amide bonds. The number of hydrogen-bond acceptors (Lipinski definition) is 3. The quantitative estimate of drug-likeness (QED) is 0.256. The maximum Gasteiger partial charge on any atom is 0.342 e. The molecular weight excluding hydrogens is 143 g/mol. The summed E-state index contributed by atoms with van der Waals surface area (Å²) in [5.74, 6) is -2.87. The summed E-state index contributed by atoms with van der Waals surface area (Å²) < 4.78 is 11.4. The molecule has 0 unspecified atom stereocenters. The monoisotopic (exact) mass is 148 g/mol. The van der Waals surface area contributed by atoms with Crippen LogP contribution in [0.4, 0.5) is 4.39 Å². The van der Waals surface area contributed by atoms with Crippen molar-refractivity contribution in [3.8, 4) is 0 Å². The Morgan fingerprint density at radius 2 is 2.00 bits per heavy atom. The van der Waals surface area contributed by atoms with Crippen molar-refractivity contribution < 1.29 is 24.2 Å². The van der Waals surface area contributed by atoms with Crippen LogP contribution in [0.5, 0.6) is 0 Å². The Labute approximate surface area is 55.6 Å². The first-order chi connectivity index (χ1) is 4.63. The molecule has 0 bridgehead atoms. The van der Waals surface area contributed by atoms with Crippen molar-refractivity contribution in [2.75, 3.05) is 6.67 Å². The Hall–Kier alpha value is -1.39. The van der Waals surface area contributed by atoms with Crippen LogP contribution in [0.1, 0.15) is 0 Å². The number of ketones is 1. The normalized spacial score (nSPS) is 11.1. The summed E-state index contributed by atoms with van der Waals surface area (Å²) in [4.78, 5) is 20.1. The molecule has 0 aromatic rings. The van der Waals surface area contributed by atoms with Gasteiger partial charge in [0.05, 0.1) is 6.26 Å². The van der Waals surface area contributed by atoms with Gasteiger partial charge in [-0.2, -0.15) is 0 Å². The Morgan fingerprint density at radius 1 is 1.50 bits per heavy atom. The lowest BCUT2D eigenvalue weighted by Gasteiger charge is -1.92. The molecule has 0 aliphatic carbocycles. The summed E-state index contributed by atoms with van der Waals surface area (Å²) in [5, 5.41) is 16.1. The van der Waals surface area contributed by atoms with Crippen LogP contribution in [-0.4, -0.2) is 28.6 Å². The highest BCUT2D eigenvalue weighted by Crippen LogP contribution is 1.95. The number of carbonyl (C=O) groups is 2. The highest BCUT2D eigenvalue weighted by molar-refractivity contribution is 6.16. The second kappa shape index (κ2) is 3.60. The number of alkyl halides is 1. The lowest BCUT2D eigenvalue weighted by molar-refractivity contribution is -0.134. The van der Waals surface area contributed by atoms with E-state index in [2.05, 4.69) is 0 Å². The largest absolute Gasteiger partial charge is 0.515 e. The fourth-order valence-electron chi connectivity index (χ4n) is 0.318. The van der Waals surface area contributed by atoms with Gasteiger partial charge in [0.2, 0.25) is 5.78 Å². The van der Waals surface area contributed by atoms with Crippen LogP contribution in [0.25, 0.3) is 0 Å². The third-order valence-corrected chi connectivity index (χ3v) is 0.781. The number of carboxylic acid groups (broad SMARTS) is 1. The van der Waals surface area contributed by atoms with E-state index in [1.54, 1.807) is 0 Å². The second-order valence-corrected chi connectivity index (χ2v) is 1.40. The summed E-state index contributed by atoms with van der Waals surface area (Å²) in [6, 6.07) is 0. The molecule has 0 rings (SSSR count). The van der Waals surface area contributed by atoms with E-state index in [1.165, 1.54) is 0 Å². The number of hydrogen-bond donors (Lipinski definition) is 2. The van der Waals surface area contributed by atoms with E-state index in [9.17, 15) is 14.0 Å². The first-order valence-corrected chi connectivity index (χ1v) is 2.30. The molecule has 0 radical (unpaired) electrons. The van der Waals surface area contributed by atoms with E-state index in [0.29, 0.717) is 0 Å². The van der Waals surface area contributed by atoms with Crippen LogP contribution in [0, 0.1) is 0 Å². The van der Waals surface area contributed by atoms with Crippen molar-refractivity contribution >= 4 is 11.8 Å². The minimum atomic E-state index is -1.63. The van der Waals surface area contributed by atoms with Gasteiger partial charge in [-0.15, -0.1) is 0 Å². The Balaban J connectivity index is 4.39.